The van der Waals surface area contributed by atoms with Crippen LogP contribution in [0.2, 0.25) is 0 Å². The molecule has 21 heavy (non-hydrogen) atoms. The summed E-state index contributed by atoms with van der Waals surface area (Å²) in [5.74, 6) is -0.315. The number of hydrogen-bond donors (Lipinski definition) is 2. The third-order valence-electron chi connectivity index (χ3n) is 3.07. The molecule has 114 valence electrons. The Labute approximate surface area is 128 Å². The van der Waals surface area contributed by atoms with E-state index >= 15 is 0 Å². The zero-order valence-corrected chi connectivity index (χ0v) is 12.4. The Morgan fingerprint density at radius 1 is 1.62 bits per heavy atom. The molecular weight excluding hydrogens is 293 g/mol. The van der Waals surface area contributed by atoms with Gasteiger partial charge in [0, 0.05) is 12.2 Å². The summed E-state index contributed by atoms with van der Waals surface area (Å²) in [5, 5.41) is 3.95. The van der Waals surface area contributed by atoms with Gasteiger partial charge in [-0.3, -0.25) is 5.43 Å². The van der Waals surface area contributed by atoms with Gasteiger partial charge < -0.3 is 15.2 Å². The standard InChI is InChI=1S/C14H18FN3O2S/c15-12-4-3-10(7-17-18-14(16)21)11(6-12)8-19-9-13-2-1-5-20-13/h3-4,6-7,13H,1-2,5,8-9H2,(H3,16,18,21). The quantitative estimate of drug-likeness (QED) is 0.475. The molecule has 5 nitrogen and oxygen atoms in total. The molecule has 1 heterocycles. The number of hydrogen-bond acceptors (Lipinski definition) is 4. The van der Waals surface area contributed by atoms with E-state index in [4.69, 9.17) is 15.2 Å². The van der Waals surface area contributed by atoms with E-state index in [1.807, 2.05) is 0 Å². The molecule has 1 aliphatic rings. The fourth-order valence-electron chi connectivity index (χ4n) is 2.07. The van der Waals surface area contributed by atoms with Gasteiger partial charge >= 0.3 is 0 Å². The van der Waals surface area contributed by atoms with Gasteiger partial charge in [0.05, 0.1) is 25.5 Å². The molecule has 3 N–H and O–H groups in total. The highest BCUT2D eigenvalue weighted by Crippen LogP contribution is 2.15. The van der Waals surface area contributed by atoms with Crippen molar-refractivity contribution >= 4 is 23.5 Å². The summed E-state index contributed by atoms with van der Waals surface area (Å²) in [6.45, 7) is 1.60. The van der Waals surface area contributed by atoms with Crippen molar-refractivity contribution in [1.29, 1.82) is 0 Å². The van der Waals surface area contributed by atoms with Crippen LogP contribution in [0.25, 0.3) is 0 Å². The second-order valence-corrected chi connectivity index (χ2v) is 5.17. The lowest BCUT2D eigenvalue weighted by molar-refractivity contribution is 0.0105. The maximum absolute atomic E-state index is 13.3. The Kier molecular flexibility index (Phi) is 6.04. The van der Waals surface area contributed by atoms with Crippen LogP contribution in [0, 0.1) is 5.82 Å². The van der Waals surface area contributed by atoms with Gasteiger partial charge in [-0.15, -0.1) is 0 Å². The fraction of sp³-hybridized carbons (Fsp3) is 0.429. The highest BCUT2D eigenvalue weighted by atomic mass is 32.1. The number of halogens is 1. The zero-order chi connectivity index (χ0) is 15.1. The van der Waals surface area contributed by atoms with E-state index in [0.29, 0.717) is 18.8 Å². The number of benzene rings is 1. The van der Waals surface area contributed by atoms with Gasteiger partial charge in [-0.2, -0.15) is 5.10 Å². The van der Waals surface area contributed by atoms with E-state index < -0.39 is 0 Å². The maximum atomic E-state index is 13.3. The van der Waals surface area contributed by atoms with Crippen LogP contribution in [0.4, 0.5) is 4.39 Å². The minimum Gasteiger partial charge on any atom is -0.376 e. The average Bonchev–Trinajstić information content (AvgIpc) is 2.94. The molecule has 1 saturated heterocycles. The number of hydrazone groups is 1. The van der Waals surface area contributed by atoms with Crippen LogP contribution >= 0.6 is 12.2 Å². The summed E-state index contributed by atoms with van der Waals surface area (Å²) < 4.78 is 24.4. The minimum absolute atomic E-state index is 0.0737. The molecule has 0 radical (unpaired) electrons. The first-order chi connectivity index (χ1) is 10.1. The van der Waals surface area contributed by atoms with E-state index in [0.717, 1.165) is 25.0 Å². The maximum Gasteiger partial charge on any atom is 0.184 e. The van der Waals surface area contributed by atoms with Crippen LogP contribution in [0.1, 0.15) is 24.0 Å². The summed E-state index contributed by atoms with van der Waals surface area (Å²) in [6.07, 6.45) is 3.75. The lowest BCUT2D eigenvalue weighted by Gasteiger charge is -2.11. The van der Waals surface area contributed by atoms with E-state index in [9.17, 15) is 4.39 Å². The molecule has 0 saturated carbocycles. The van der Waals surface area contributed by atoms with Crippen molar-refractivity contribution in [1.82, 2.24) is 5.43 Å². The average molecular weight is 311 g/mol. The molecule has 1 aliphatic heterocycles. The third-order valence-corrected chi connectivity index (χ3v) is 3.16. The Hall–Kier alpha value is -1.57. The lowest BCUT2D eigenvalue weighted by atomic mass is 10.1. The van der Waals surface area contributed by atoms with Gasteiger partial charge in [0.2, 0.25) is 0 Å². The predicted octanol–water partition coefficient (Wildman–Crippen LogP) is 1.69. The molecular formula is C14H18FN3O2S. The molecule has 0 spiro atoms. The topological polar surface area (TPSA) is 68.9 Å². The second-order valence-electron chi connectivity index (χ2n) is 4.73. The fourth-order valence-corrected chi connectivity index (χ4v) is 2.12. The molecule has 1 atom stereocenters. The van der Waals surface area contributed by atoms with Crippen molar-refractivity contribution in [3.05, 3.63) is 35.1 Å². The summed E-state index contributed by atoms with van der Waals surface area (Å²) in [5.41, 5.74) is 9.19. The Morgan fingerprint density at radius 3 is 3.19 bits per heavy atom. The van der Waals surface area contributed by atoms with Crippen molar-refractivity contribution < 1.29 is 13.9 Å². The highest BCUT2D eigenvalue weighted by Gasteiger charge is 2.15. The molecule has 1 aromatic carbocycles. The Bertz CT molecular complexity index is 519. The van der Waals surface area contributed by atoms with Crippen LogP contribution in [-0.2, 0) is 16.1 Å². The van der Waals surface area contributed by atoms with Gasteiger partial charge in [-0.25, -0.2) is 4.39 Å². The van der Waals surface area contributed by atoms with Crippen molar-refractivity contribution in [3.8, 4) is 0 Å². The van der Waals surface area contributed by atoms with Crippen LogP contribution in [-0.4, -0.2) is 30.6 Å². The first-order valence-electron chi connectivity index (χ1n) is 6.71. The molecule has 1 aromatic rings. The van der Waals surface area contributed by atoms with Crippen LogP contribution in [0.5, 0.6) is 0 Å². The van der Waals surface area contributed by atoms with Gasteiger partial charge in [-0.05, 0) is 42.8 Å². The molecule has 2 rings (SSSR count). The Balaban J connectivity index is 1.93. The molecule has 0 aliphatic carbocycles. The molecule has 1 unspecified atom stereocenters. The summed E-state index contributed by atoms with van der Waals surface area (Å²) in [4.78, 5) is 0. The van der Waals surface area contributed by atoms with Gasteiger partial charge in [0.15, 0.2) is 5.11 Å². The first-order valence-corrected chi connectivity index (χ1v) is 7.12. The molecule has 7 heteroatoms. The van der Waals surface area contributed by atoms with Crippen LogP contribution in [0.15, 0.2) is 23.3 Å². The number of nitrogens with zero attached hydrogens (tertiary/aromatic N) is 1. The number of thiocarbonyl (C=S) groups is 1. The minimum atomic E-state index is -0.315. The number of nitrogens with one attached hydrogen (secondary N) is 1. The number of nitrogens with two attached hydrogens (primary N) is 1. The molecule has 0 amide bonds. The molecule has 1 fully saturated rings. The lowest BCUT2D eigenvalue weighted by Crippen LogP contribution is -2.24. The Morgan fingerprint density at radius 2 is 2.48 bits per heavy atom. The van der Waals surface area contributed by atoms with E-state index in [2.05, 4.69) is 22.7 Å². The zero-order valence-electron chi connectivity index (χ0n) is 11.5. The monoisotopic (exact) mass is 311 g/mol. The normalized spacial score (nSPS) is 18.2. The first kappa shape index (κ1) is 15.8. The predicted molar refractivity (Wildman–Crippen MR) is 82.5 cm³/mol. The smallest absolute Gasteiger partial charge is 0.184 e. The second kappa shape index (κ2) is 8.02. The van der Waals surface area contributed by atoms with Crippen molar-refractivity contribution in [2.24, 2.45) is 10.8 Å². The van der Waals surface area contributed by atoms with Gasteiger partial charge in [-0.1, -0.05) is 6.07 Å². The van der Waals surface area contributed by atoms with Crippen LogP contribution < -0.4 is 11.2 Å². The van der Waals surface area contributed by atoms with Crippen molar-refractivity contribution in [2.45, 2.75) is 25.6 Å². The molecule has 0 bridgehead atoms. The third kappa shape index (κ3) is 5.37. The summed E-state index contributed by atoms with van der Waals surface area (Å²) >= 11 is 4.65. The van der Waals surface area contributed by atoms with E-state index in [1.165, 1.54) is 18.3 Å². The SMILES string of the molecule is NC(=S)NN=Cc1ccc(F)cc1COCC1CCCO1. The summed E-state index contributed by atoms with van der Waals surface area (Å²) in [7, 11) is 0. The number of ether oxygens (including phenoxy) is 2. The number of rotatable bonds is 6. The van der Waals surface area contributed by atoms with Crippen LogP contribution in [0.3, 0.4) is 0 Å². The largest absolute Gasteiger partial charge is 0.376 e. The van der Waals surface area contributed by atoms with Gasteiger partial charge in [0.1, 0.15) is 5.82 Å². The van der Waals surface area contributed by atoms with E-state index in [1.54, 1.807) is 6.07 Å². The van der Waals surface area contributed by atoms with Gasteiger partial charge in [0.25, 0.3) is 0 Å². The highest BCUT2D eigenvalue weighted by molar-refractivity contribution is 7.80. The van der Waals surface area contributed by atoms with Crippen molar-refractivity contribution in [2.75, 3.05) is 13.2 Å². The van der Waals surface area contributed by atoms with Crippen molar-refractivity contribution in [3.63, 3.8) is 0 Å². The summed E-state index contributed by atoms with van der Waals surface area (Å²) in [6, 6.07) is 4.42. The van der Waals surface area contributed by atoms with E-state index in [-0.39, 0.29) is 17.0 Å². The molecule has 0 aromatic heterocycles.